The quantitative estimate of drug-likeness (QED) is 0.308. The highest BCUT2D eigenvalue weighted by atomic mass is 79.9. The molecule has 0 saturated heterocycles. The Kier molecular flexibility index (Phi) is 8.20. The molecule has 0 heterocycles. The van der Waals surface area contributed by atoms with Crippen molar-refractivity contribution in [1.29, 1.82) is 0 Å². The van der Waals surface area contributed by atoms with E-state index in [0.717, 1.165) is 41.5 Å². The van der Waals surface area contributed by atoms with Gasteiger partial charge in [0.15, 0.2) is 0 Å². The molecule has 0 aliphatic carbocycles. The van der Waals surface area contributed by atoms with Crippen LogP contribution in [-0.4, -0.2) is 18.0 Å². The molecule has 0 fully saturated rings. The van der Waals surface area contributed by atoms with Gasteiger partial charge in [-0.05, 0) is 32.1 Å². The molecule has 0 spiro atoms. The number of fused-ring (bicyclic) bond motifs is 1. The molecule has 2 nitrogen and oxygen atoms in total. The molecule has 0 aliphatic rings. The maximum absolute atomic E-state index is 6.43. The molecule has 0 aliphatic heterocycles. The zero-order valence-corrected chi connectivity index (χ0v) is 16.8. The van der Waals surface area contributed by atoms with Crippen LogP contribution >= 0.6 is 27.5 Å². The predicted octanol–water partition coefficient (Wildman–Crippen LogP) is 7.00. The van der Waals surface area contributed by atoms with Gasteiger partial charge in [0.2, 0.25) is 0 Å². The first-order valence-electron chi connectivity index (χ1n) is 8.78. The second-order valence-corrected chi connectivity index (χ2v) is 7.63. The Morgan fingerprint density at radius 3 is 2.50 bits per heavy atom. The van der Waals surface area contributed by atoms with Gasteiger partial charge in [-0.25, -0.2) is 0 Å². The largest absolute Gasteiger partial charge is 0.493 e. The van der Waals surface area contributed by atoms with E-state index >= 15 is 0 Å². The number of hydrogen-bond donors (Lipinski definition) is 0. The van der Waals surface area contributed by atoms with Crippen LogP contribution in [0.5, 0.6) is 11.5 Å². The molecule has 0 amide bonds. The smallest absolute Gasteiger partial charge is 0.145 e. The van der Waals surface area contributed by atoms with Gasteiger partial charge in [0.05, 0.1) is 18.2 Å². The van der Waals surface area contributed by atoms with E-state index in [1.54, 1.807) is 0 Å². The number of ether oxygens (including phenoxy) is 2. The first kappa shape index (κ1) is 19.4. The minimum Gasteiger partial charge on any atom is -0.493 e. The number of rotatable bonds is 10. The van der Waals surface area contributed by atoms with Crippen LogP contribution in [0.1, 0.15) is 46.0 Å². The van der Waals surface area contributed by atoms with E-state index in [2.05, 4.69) is 35.8 Å². The Morgan fingerprint density at radius 2 is 1.79 bits per heavy atom. The summed E-state index contributed by atoms with van der Waals surface area (Å²) in [6.45, 7) is 5.66. The maximum Gasteiger partial charge on any atom is 0.145 e. The fourth-order valence-corrected chi connectivity index (χ4v) is 3.19. The Hall–Kier alpha value is -0.930. The van der Waals surface area contributed by atoms with E-state index in [1.165, 1.54) is 12.8 Å². The molecule has 1 atom stereocenters. The summed E-state index contributed by atoms with van der Waals surface area (Å²) in [5.41, 5.74) is 0. The molecule has 0 radical (unpaired) electrons. The SMILES string of the molecule is CCCOc1c(Cl)cc(OCCCCC(Br)CC)c2ccccc12. The lowest BCUT2D eigenvalue weighted by atomic mass is 10.1. The van der Waals surface area contributed by atoms with Crippen molar-refractivity contribution in [2.24, 2.45) is 0 Å². The van der Waals surface area contributed by atoms with E-state index in [-0.39, 0.29) is 0 Å². The third-order valence-corrected chi connectivity index (χ3v) is 5.36. The Labute approximate surface area is 158 Å². The summed E-state index contributed by atoms with van der Waals surface area (Å²) in [6.07, 6.45) is 5.51. The van der Waals surface area contributed by atoms with Crippen LogP contribution < -0.4 is 9.47 Å². The molecule has 4 heteroatoms. The molecule has 24 heavy (non-hydrogen) atoms. The fraction of sp³-hybridized carbons (Fsp3) is 0.500. The van der Waals surface area contributed by atoms with Crippen LogP contribution in [0.3, 0.4) is 0 Å². The van der Waals surface area contributed by atoms with Crippen molar-refractivity contribution in [1.82, 2.24) is 0 Å². The standard InChI is InChI=1S/C20H26BrClO2/c1-3-12-24-20-17-11-6-5-10-16(17)19(14-18(20)22)23-13-8-7-9-15(21)4-2/h5-6,10-11,14-15H,3-4,7-9,12-13H2,1-2H3. The van der Waals surface area contributed by atoms with E-state index in [1.807, 2.05) is 24.3 Å². The Balaban J connectivity index is 2.08. The lowest BCUT2D eigenvalue weighted by Gasteiger charge is -2.15. The molecule has 2 aromatic rings. The van der Waals surface area contributed by atoms with Crippen molar-refractivity contribution >= 4 is 38.3 Å². The highest BCUT2D eigenvalue weighted by Gasteiger charge is 2.13. The molecule has 1 unspecified atom stereocenters. The first-order chi connectivity index (χ1) is 11.7. The van der Waals surface area contributed by atoms with Gasteiger partial charge in [0, 0.05) is 21.7 Å². The van der Waals surface area contributed by atoms with E-state index in [9.17, 15) is 0 Å². The maximum atomic E-state index is 6.43. The van der Waals surface area contributed by atoms with Gasteiger partial charge >= 0.3 is 0 Å². The van der Waals surface area contributed by atoms with Crippen LogP contribution in [0.2, 0.25) is 5.02 Å². The highest BCUT2D eigenvalue weighted by molar-refractivity contribution is 9.09. The lowest BCUT2D eigenvalue weighted by Crippen LogP contribution is -2.02. The van der Waals surface area contributed by atoms with Crippen LogP contribution in [-0.2, 0) is 0 Å². The summed E-state index contributed by atoms with van der Waals surface area (Å²) in [4.78, 5) is 0.614. The van der Waals surface area contributed by atoms with Crippen molar-refractivity contribution in [3.63, 3.8) is 0 Å². The van der Waals surface area contributed by atoms with Gasteiger partial charge in [-0.1, -0.05) is 65.6 Å². The topological polar surface area (TPSA) is 18.5 Å². The predicted molar refractivity (Wildman–Crippen MR) is 107 cm³/mol. The summed E-state index contributed by atoms with van der Waals surface area (Å²) < 4.78 is 11.9. The van der Waals surface area contributed by atoms with Crippen molar-refractivity contribution in [2.45, 2.75) is 50.8 Å². The highest BCUT2D eigenvalue weighted by Crippen LogP contribution is 2.39. The summed E-state index contributed by atoms with van der Waals surface area (Å²) in [6, 6.07) is 10.0. The minimum atomic E-state index is 0.614. The summed E-state index contributed by atoms with van der Waals surface area (Å²) in [5.74, 6) is 1.59. The molecule has 0 N–H and O–H groups in total. The number of hydrogen-bond acceptors (Lipinski definition) is 2. The van der Waals surface area contributed by atoms with Gasteiger partial charge in [0.1, 0.15) is 11.5 Å². The van der Waals surface area contributed by atoms with Crippen molar-refractivity contribution in [3.05, 3.63) is 35.4 Å². The molecular formula is C20H26BrClO2. The van der Waals surface area contributed by atoms with Gasteiger partial charge in [0.25, 0.3) is 0 Å². The third-order valence-electron chi connectivity index (χ3n) is 3.97. The molecular weight excluding hydrogens is 388 g/mol. The van der Waals surface area contributed by atoms with E-state index < -0.39 is 0 Å². The summed E-state index contributed by atoms with van der Waals surface area (Å²) >= 11 is 10.1. The number of unbranched alkanes of at least 4 members (excludes halogenated alkanes) is 1. The first-order valence-corrected chi connectivity index (χ1v) is 10.1. The van der Waals surface area contributed by atoms with E-state index in [0.29, 0.717) is 23.1 Å². The second-order valence-electron chi connectivity index (χ2n) is 5.93. The Bertz CT molecular complexity index is 645. The summed E-state index contributed by atoms with van der Waals surface area (Å²) in [7, 11) is 0. The molecule has 0 aromatic heterocycles. The molecule has 0 bridgehead atoms. The van der Waals surface area contributed by atoms with Crippen molar-refractivity contribution in [2.75, 3.05) is 13.2 Å². The van der Waals surface area contributed by atoms with Crippen LogP contribution in [0.15, 0.2) is 30.3 Å². The molecule has 2 aromatic carbocycles. The van der Waals surface area contributed by atoms with Crippen molar-refractivity contribution < 1.29 is 9.47 Å². The molecule has 132 valence electrons. The number of benzene rings is 2. The molecule has 2 rings (SSSR count). The van der Waals surface area contributed by atoms with Crippen LogP contribution in [0.4, 0.5) is 0 Å². The average Bonchev–Trinajstić information content (AvgIpc) is 2.60. The zero-order valence-electron chi connectivity index (χ0n) is 14.5. The number of halogens is 2. The zero-order chi connectivity index (χ0) is 17.4. The van der Waals surface area contributed by atoms with Crippen LogP contribution in [0, 0.1) is 0 Å². The fourth-order valence-electron chi connectivity index (χ4n) is 2.61. The van der Waals surface area contributed by atoms with Gasteiger partial charge < -0.3 is 9.47 Å². The van der Waals surface area contributed by atoms with E-state index in [4.69, 9.17) is 21.1 Å². The normalized spacial score (nSPS) is 12.3. The third kappa shape index (κ3) is 5.29. The van der Waals surface area contributed by atoms with Crippen molar-refractivity contribution in [3.8, 4) is 11.5 Å². The van der Waals surface area contributed by atoms with Gasteiger partial charge in [-0.15, -0.1) is 0 Å². The number of alkyl halides is 1. The minimum absolute atomic E-state index is 0.614. The Morgan fingerprint density at radius 1 is 1.04 bits per heavy atom. The molecule has 0 saturated carbocycles. The summed E-state index contributed by atoms with van der Waals surface area (Å²) in [5, 5.41) is 2.68. The van der Waals surface area contributed by atoms with Crippen LogP contribution in [0.25, 0.3) is 10.8 Å². The van der Waals surface area contributed by atoms with Gasteiger partial charge in [-0.2, -0.15) is 0 Å². The second kappa shape index (κ2) is 10.1. The average molecular weight is 414 g/mol. The lowest BCUT2D eigenvalue weighted by molar-refractivity contribution is 0.305. The van der Waals surface area contributed by atoms with Gasteiger partial charge in [-0.3, -0.25) is 0 Å². The monoisotopic (exact) mass is 412 g/mol.